The molecule has 0 aliphatic rings. The minimum absolute atomic E-state index is 0.0293. The van der Waals surface area contributed by atoms with Crippen molar-refractivity contribution in [3.8, 4) is 5.75 Å². The normalized spacial score (nSPS) is 11.8. The van der Waals surface area contributed by atoms with Crippen LogP contribution in [0.4, 0.5) is 5.69 Å². The number of hydrogen-bond acceptors (Lipinski definition) is 3. The fraction of sp³-hybridized carbons (Fsp3) is 0.316. The molecule has 1 atom stereocenters. The average Bonchev–Trinajstić information content (AvgIpc) is 2.52. The number of ether oxygens (including phenoxy) is 1. The van der Waals surface area contributed by atoms with Gasteiger partial charge in [0.25, 0.3) is 0 Å². The van der Waals surface area contributed by atoms with E-state index in [1.165, 1.54) is 5.56 Å². The first-order valence-electron chi connectivity index (χ1n) is 7.87. The molecule has 0 saturated carbocycles. The van der Waals surface area contributed by atoms with Gasteiger partial charge >= 0.3 is 0 Å². The molecule has 3 N–H and O–H groups in total. The summed E-state index contributed by atoms with van der Waals surface area (Å²) >= 11 is 0. The van der Waals surface area contributed by atoms with Crippen LogP contribution in [0, 0.1) is 6.92 Å². The van der Waals surface area contributed by atoms with Crippen molar-refractivity contribution < 1.29 is 9.53 Å². The van der Waals surface area contributed by atoms with Gasteiger partial charge in [0.1, 0.15) is 12.4 Å². The van der Waals surface area contributed by atoms with E-state index in [2.05, 4.69) is 24.4 Å². The van der Waals surface area contributed by atoms with Gasteiger partial charge < -0.3 is 15.8 Å². The predicted octanol–water partition coefficient (Wildman–Crippen LogP) is 3.64. The Hall–Kier alpha value is -2.33. The average molecular weight is 312 g/mol. The SMILES string of the molecule is Cc1ccccc1COc1cccc(NC(=O)CCC(C)N)c1. The van der Waals surface area contributed by atoms with E-state index in [1.54, 1.807) is 0 Å². The molecular formula is C19H24N2O2. The largest absolute Gasteiger partial charge is 0.489 e. The van der Waals surface area contributed by atoms with E-state index in [1.807, 2.05) is 43.3 Å². The molecule has 122 valence electrons. The summed E-state index contributed by atoms with van der Waals surface area (Å²) in [6.45, 7) is 4.47. The van der Waals surface area contributed by atoms with Crippen molar-refractivity contribution in [2.45, 2.75) is 39.3 Å². The van der Waals surface area contributed by atoms with Crippen LogP contribution >= 0.6 is 0 Å². The van der Waals surface area contributed by atoms with E-state index in [4.69, 9.17) is 10.5 Å². The number of amides is 1. The Kier molecular flexibility index (Phi) is 6.18. The van der Waals surface area contributed by atoms with Crippen LogP contribution in [0.5, 0.6) is 5.75 Å². The molecule has 1 unspecified atom stereocenters. The number of carbonyl (C=O) groups excluding carboxylic acids is 1. The summed E-state index contributed by atoms with van der Waals surface area (Å²) in [5.41, 5.74) is 8.76. The van der Waals surface area contributed by atoms with Crippen LogP contribution in [0.1, 0.15) is 30.9 Å². The van der Waals surface area contributed by atoms with Gasteiger partial charge in [0.2, 0.25) is 5.91 Å². The fourth-order valence-electron chi connectivity index (χ4n) is 2.18. The Labute approximate surface area is 137 Å². The van der Waals surface area contributed by atoms with Crippen LogP contribution in [0.15, 0.2) is 48.5 Å². The van der Waals surface area contributed by atoms with Gasteiger partial charge in [-0.25, -0.2) is 0 Å². The molecule has 23 heavy (non-hydrogen) atoms. The summed E-state index contributed by atoms with van der Waals surface area (Å²) in [6, 6.07) is 15.6. The minimum atomic E-state index is -0.0293. The molecule has 2 aromatic rings. The molecule has 1 amide bonds. The molecule has 0 aromatic heterocycles. The second-order valence-corrected chi connectivity index (χ2v) is 5.81. The van der Waals surface area contributed by atoms with Gasteiger partial charge in [-0.05, 0) is 43.5 Å². The second kappa shape index (κ2) is 8.34. The molecule has 0 saturated heterocycles. The van der Waals surface area contributed by atoms with Gasteiger partial charge in [0.15, 0.2) is 0 Å². The van der Waals surface area contributed by atoms with Crippen molar-refractivity contribution in [3.05, 3.63) is 59.7 Å². The first-order valence-corrected chi connectivity index (χ1v) is 7.87. The quantitative estimate of drug-likeness (QED) is 0.820. The molecule has 0 aliphatic carbocycles. The summed E-state index contributed by atoms with van der Waals surface area (Å²) in [4.78, 5) is 11.8. The van der Waals surface area contributed by atoms with Gasteiger partial charge in [0.05, 0.1) is 0 Å². The molecular weight excluding hydrogens is 288 g/mol. The number of rotatable bonds is 7. The van der Waals surface area contributed by atoms with Gasteiger partial charge in [-0.15, -0.1) is 0 Å². The van der Waals surface area contributed by atoms with Crippen LogP contribution in [0.25, 0.3) is 0 Å². The number of carbonyl (C=O) groups is 1. The summed E-state index contributed by atoms with van der Waals surface area (Å²) in [5, 5.41) is 2.87. The predicted molar refractivity (Wildman–Crippen MR) is 93.5 cm³/mol. The van der Waals surface area contributed by atoms with Crippen molar-refractivity contribution in [2.24, 2.45) is 5.73 Å². The highest BCUT2D eigenvalue weighted by atomic mass is 16.5. The van der Waals surface area contributed by atoms with Crippen molar-refractivity contribution in [2.75, 3.05) is 5.32 Å². The lowest BCUT2D eigenvalue weighted by Gasteiger charge is -2.11. The van der Waals surface area contributed by atoms with Crippen molar-refractivity contribution in [1.82, 2.24) is 0 Å². The lowest BCUT2D eigenvalue weighted by Crippen LogP contribution is -2.19. The zero-order valence-corrected chi connectivity index (χ0v) is 13.7. The molecule has 4 heteroatoms. The molecule has 0 bridgehead atoms. The number of nitrogens with one attached hydrogen (secondary N) is 1. The van der Waals surface area contributed by atoms with Crippen LogP contribution in [0.3, 0.4) is 0 Å². The molecule has 0 aliphatic heterocycles. The molecule has 0 heterocycles. The molecule has 0 radical (unpaired) electrons. The van der Waals surface area contributed by atoms with E-state index in [9.17, 15) is 4.79 Å². The molecule has 2 aromatic carbocycles. The lowest BCUT2D eigenvalue weighted by atomic mass is 10.1. The number of nitrogens with two attached hydrogens (primary N) is 1. The Morgan fingerprint density at radius 1 is 1.22 bits per heavy atom. The zero-order chi connectivity index (χ0) is 16.7. The first kappa shape index (κ1) is 17.0. The third-order valence-electron chi connectivity index (χ3n) is 3.60. The first-order chi connectivity index (χ1) is 11.0. The van der Waals surface area contributed by atoms with E-state index < -0.39 is 0 Å². The van der Waals surface area contributed by atoms with E-state index >= 15 is 0 Å². The van der Waals surface area contributed by atoms with Crippen molar-refractivity contribution in [3.63, 3.8) is 0 Å². The molecule has 0 spiro atoms. The Morgan fingerprint density at radius 3 is 2.74 bits per heavy atom. The smallest absolute Gasteiger partial charge is 0.224 e. The lowest BCUT2D eigenvalue weighted by molar-refractivity contribution is -0.116. The van der Waals surface area contributed by atoms with Crippen molar-refractivity contribution >= 4 is 11.6 Å². The number of benzene rings is 2. The van der Waals surface area contributed by atoms with Gasteiger partial charge in [0, 0.05) is 24.2 Å². The molecule has 4 nitrogen and oxygen atoms in total. The Morgan fingerprint density at radius 2 is 2.00 bits per heavy atom. The topological polar surface area (TPSA) is 64.3 Å². The fourth-order valence-corrected chi connectivity index (χ4v) is 2.18. The van der Waals surface area contributed by atoms with E-state index in [0.29, 0.717) is 19.4 Å². The third-order valence-corrected chi connectivity index (χ3v) is 3.60. The monoisotopic (exact) mass is 312 g/mol. The Bertz CT molecular complexity index is 653. The molecule has 2 rings (SSSR count). The second-order valence-electron chi connectivity index (χ2n) is 5.81. The maximum Gasteiger partial charge on any atom is 0.224 e. The Balaban J connectivity index is 1.92. The van der Waals surface area contributed by atoms with Crippen molar-refractivity contribution in [1.29, 1.82) is 0 Å². The highest BCUT2D eigenvalue weighted by Gasteiger charge is 2.05. The minimum Gasteiger partial charge on any atom is -0.489 e. The van der Waals surface area contributed by atoms with E-state index in [-0.39, 0.29) is 11.9 Å². The number of hydrogen-bond donors (Lipinski definition) is 2. The molecule has 0 fully saturated rings. The summed E-state index contributed by atoms with van der Waals surface area (Å²) in [6.07, 6.45) is 1.10. The van der Waals surface area contributed by atoms with Gasteiger partial charge in [-0.2, -0.15) is 0 Å². The van der Waals surface area contributed by atoms with Crippen LogP contribution < -0.4 is 15.8 Å². The van der Waals surface area contributed by atoms with E-state index in [0.717, 1.165) is 17.0 Å². The zero-order valence-electron chi connectivity index (χ0n) is 13.7. The maximum absolute atomic E-state index is 11.8. The van der Waals surface area contributed by atoms with Crippen LogP contribution in [0.2, 0.25) is 0 Å². The van der Waals surface area contributed by atoms with Gasteiger partial charge in [-0.3, -0.25) is 4.79 Å². The number of aryl methyl sites for hydroxylation is 1. The maximum atomic E-state index is 11.8. The highest BCUT2D eigenvalue weighted by Crippen LogP contribution is 2.19. The highest BCUT2D eigenvalue weighted by molar-refractivity contribution is 5.90. The summed E-state index contributed by atoms with van der Waals surface area (Å²) in [5.74, 6) is 0.705. The van der Waals surface area contributed by atoms with Gasteiger partial charge in [-0.1, -0.05) is 30.3 Å². The third kappa shape index (κ3) is 5.75. The summed E-state index contributed by atoms with van der Waals surface area (Å²) in [7, 11) is 0. The van der Waals surface area contributed by atoms with Crippen LogP contribution in [-0.4, -0.2) is 11.9 Å². The van der Waals surface area contributed by atoms with Crippen LogP contribution in [-0.2, 0) is 11.4 Å². The standard InChI is InChI=1S/C19H24N2O2/c1-14-6-3-4-7-16(14)13-23-18-9-5-8-17(12-18)21-19(22)11-10-15(2)20/h3-9,12,15H,10-11,13,20H2,1-2H3,(H,21,22). The summed E-state index contributed by atoms with van der Waals surface area (Å²) < 4.78 is 5.82. The number of anilines is 1.